The number of fused-ring (bicyclic) bond motifs is 1. The summed E-state index contributed by atoms with van der Waals surface area (Å²) in [5.74, 6) is -1.65. The first kappa shape index (κ1) is 31.0. The summed E-state index contributed by atoms with van der Waals surface area (Å²) in [4.78, 5) is 24.5. The molecule has 7 rings (SSSR count). The molecule has 5 aromatic carbocycles. The van der Waals surface area contributed by atoms with Crippen molar-refractivity contribution in [2.75, 3.05) is 0 Å². The van der Waals surface area contributed by atoms with Crippen molar-refractivity contribution in [1.29, 1.82) is 0 Å². The number of hydrogen-bond acceptors (Lipinski definition) is 7. The number of phenols is 1. The number of para-hydroxylation sites is 1. The van der Waals surface area contributed by atoms with Gasteiger partial charge in [-0.25, -0.2) is 4.79 Å². The first-order chi connectivity index (χ1) is 23.2. The molecule has 48 heavy (non-hydrogen) atoms. The maximum Gasteiger partial charge on any atom is 0.339 e. The van der Waals surface area contributed by atoms with Gasteiger partial charge in [0.05, 0.1) is 0 Å². The van der Waals surface area contributed by atoms with Crippen LogP contribution >= 0.6 is 0 Å². The molecule has 8 nitrogen and oxygen atoms in total. The maximum atomic E-state index is 13.6. The molecule has 1 heterocycles. The van der Waals surface area contributed by atoms with Crippen molar-refractivity contribution in [3.8, 4) is 33.8 Å². The van der Waals surface area contributed by atoms with E-state index in [1.54, 1.807) is 24.3 Å². The van der Waals surface area contributed by atoms with Crippen molar-refractivity contribution in [2.45, 2.75) is 36.5 Å². The highest BCUT2D eigenvalue weighted by molar-refractivity contribution is 7.87. The third kappa shape index (κ3) is 5.84. The van der Waals surface area contributed by atoms with Gasteiger partial charge in [-0.15, -0.1) is 0 Å². The number of carbonyl (C=O) groups excluding carboxylic acids is 1. The van der Waals surface area contributed by atoms with Gasteiger partial charge in [-0.1, -0.05) is 91.7 Å². The Morgan fingerprint density at radius 1 is 0.771 bits per heavy atom. The van der Waals surface area contributed by atoms with E-state index >= 15 is 0 Å². The number of carboxylic acids is 1. The topological polar surface area (TPSA) is 131 Å². The lowest BCUT2D eigenvalue weighted by molar-refractivity contribution is 0.0693. The van der Waals surface area contributed by atoms with E-state index in [-0.39, 0.29) is 28.1 Å². The number of aromatic carboxylic acids is 1. The average Bonchev–Trinajstić information content (AvgIpc) is 3.77. The van der Waals surface area contributed by atoms with Gasteiger partial charge in [-0.3, -0.25) is 4.79 Å². The van der Waals surface area contributed by atoms with Crippen molar-refractivity contribution >= 4 is 32.8 Å². The zero-order chi connectivity index (χ0) is 33.4. The lowest BCUT2D eigenvalue weighted by Gasteiger charge is -2.18. The third-order valence-electron chi connectivity index (χ3n) is 8.83. The monoisotopic (exact) mass is 658 g/mol. The normalized spacial score (nSPS) is 13.5. The van der Waals surface area contributed by atoms with Crippen LogP contribution < -0.4 is 4.18 Å². The zero-order valence-electron chi connectivity index (χ0n) is 25.6. The second kappa shape index (κ2) is 12.5. The Bertz CT molecular complexity index is 2280. The van der Waals surface area contributed by atoms with E-state index in [1.807, 2.05) is 72.8 Å². The minimum atomic E-state index is -4.37. The number of carboxylic acid groups (broad SMARTS) is 1. The Morgan fingerprint density at radius 2 is 1.46 bits per heavy atom. The Kier molecular flexibility index (Phi) is 8.06. The van der Waals surface area contributed by atoms with Crippen LogP contribution in [0.5, 0.6) is 11.5 Å². The van der Waals surface area contributed by atoms with Gasteiger partial charge in [0.1, 0.15) is 27.5 Å². The quantitative estimate of drug-likeness (QED) is 0.116. The Hall–Kier alpha value is -5.67. The molecule has 1 fully saturated rings. The molecule has 1 saturated carbocycles. The third-order valence-corrected chi connectivity index (χ3v) is 10.1. The van der Waals surface area contributed by atoms with Crippen LogP contribution in [-0.4, -0.2) is 30.4 Å². The molecule has 0 amide bonds. The molecular weight excluding hydrogens is 628 g/mol. The van der Waals surface area contributed by atoms with Gasteiger partial charge in [0, 0.05) is 22.6 Å². The van der Waals surface area contributed by atoms with Gasteiger partial charge in [0.25, 0.3) is 0 Å². The molecule has 1 aliphatic carbocycles. The largest absolute Gasteiger partial charge is 0.507 e. The Labute approximate surface area is 277 Å². The summed E-state index contributed by atoms with van der Waals surface area (Å²) in [6, 6.07) is 32.7. The Balaban J connectivity index is 1.24. The lowest BCUT2D eigenvalue weighted by Crippen LogP contribution is -2.11. The predicted molar refractivity (Wildman–Crippen MR) is 181 cm³/mol. The fourth-order valence-corrected chi connectivity index (χ4v) is 7.43. The lowest BCUT2D eigenvalue weighted by atomic mass is 9.88. The summed E-state index contributed by atoms with van der Waals surface area (Å²) in [5, 5.41) is 20.1. The zero-order valence-corrected chi connectivity index (χ0v) is 26.4. The smallest absolute Gasteiger partial charge is 0.339 e. The molecule has 1 aliphatic rings. The van der Waals surface area contributed by atoms with Crippen LogP contribution in [-0.2, 0) is 10.1 Å². The summed E-state index contributed by atoms with van der Waals surface area (Å²) < 4.78 is 37.9. The molecule has 0 aliphatic heterocycles. The maximum absolute atomic E-state index is 13.6. The molecule has 0 atom stereocenters. The molecule has 0 unspecified atom stereocenters. The van der Waals surface area contributed by atoms with E-state index in [4.69, 9.17) is 8.60 Å². The van der Waals surface area contributed by atoms with E-state index in [0.29, 0.717) is 11.1 Å². The molecule has 240 valence electrons. The number of ketones is 1. The average molecular weight is 659 g/mol. The van der Waals surface area contributed by atoms with Crippen LogP contribution in [0.4, 0.5) is 0 Å². The number of furan rings is 1. The van der Waals surface area contributed by atoms with Crippen molar-refractivity contribution in [3.63, 3.8) is 0 Å². The molecule has 0 bridgehead atoms. The molecule has 9 heteroatoms. The molecular formula is C39H30O8S. The van der Waals surface area contributed by atoms with Crippen molar-refractivity contribution in [3.05, 3.63) is 138 Å². The van der Waals surface area contributed by atoms with Crippen LogP contribution in [0, 0.1) is 0 Å². The summed E-state index contributed by atoms with van der Waals surface area (Å²) in [6.45, 7) is 0. The van der Waals surface area contributed by atoms with E-state index in [1.165, 1.54) is 0 Å². The van der Waals surface area contributed by atoms with Gasteiger partial charge in [0.15, 0.2) is 5.76 Å². The van der Waals surface area contributed by atoms with Gasteiger partial charge in [-0.05, 0) is 71.3 Å². The summed E-state index contributed by atoms with van der Waals surface area (Å²) in [5.41, 5.74) is 5.13. The predicted octanol–water partition coefficient (Wildman–Crippen LogP) is 8.83. The highest BCUT2D eigenvalue weighted by atomic mass is 32.2. The van der Waals surface area contributed by atoms with E-state index < -0.39 is 27.4 Å². The SMILES string of the molecule is O=C(O)c1ccc(S(=O)(=O)Oc2ccc(-c3ccc(-c4c(C(=O)c5ccccc5)oc5ccccc45)cc3)c(C3CCCC3)c2)cc1O. The number of aromatic hydroxyl groups is 1. The summed E-state index contributed by atoms with van der Waals surface area (Å²) in [6.07, 6.45) is 4.04. The van der Waals surface area contributed by atoms with Crippen LogP contribution in [0.2, 0.25) is 0 Å². The minimum absolute atomic E-state index is 0.119. The number of carbonyl (C=O) groups is 2. The van der Waals surface area contributed by atoms with Gasteiger partial charge >= 0.3 is 16.1 Å². The molecule has 0 spiro atoms. The Morgan fingerprint density at radius 3 is 2.17 bits per heavy atom. The van der Waals surface area contributed by atoms with Crippen LogP contribution in [0.25, 0.3) is 33.2 Å². The first-order valence-electron chi connectivity index (χ1n) is 15.6. The molecule has 6 aromatic rings. The van der Waals surface area contributed by atoms with Crippen molar-refractivity contribution in [2.24, 2.45) is 0 Å². The van der Waals surface area contributed by atoms with Crippen LogP contribution in [0.15, 0.2) is 125 Å². The number of benzene rings is 5. The van der Waals surface area contributed by atoms with E-state index in [2.05, 4.69) is 0 Å². The van der Waals surface area contributed by atoms with Gasteiger partial charge in [-0.2, -0.15) is 8.42 Å². The number of rotatable bonds is 9. The fourth-order valence-electron chi connectivity index (χ4n) is 6.48. The first-order valence-corrected chi connectivity index (χ1v) is 17.0. The van der Waals surface area contributed by atoms with Gasteiger partial charge in [0.2, 0.25) is 5.78 Å². The summed E-state index contributed by atoms with van der Waals surface area (Å²) >= 11 is 0. The second-order valence-electron chi connectivity index (χ2n) is 11.8. The fraction of sp³-hybridized carbons (Fsp3) is 0.128. The van der Waals surface area contributed by atoms with Crippen LogP contribution in [0.3, 0.4) is 0 Å². The van der Waals surface area contributed by atoms with E-state index in [0.717, 1.165) is 77.1 Å². The minimum Gasteiger partial charge on any atom is -0.507 e. The van der Waals surface area contributed by atoms with Crippen molar-refractivity contribution < 1.29 is 36.8 Å². The standard InChI is InChI=1S/C39H30O8S/c40-34-23-29(19-21-31(34)39(42)43)48(44,45)47-28-18-20-30(33(22-28)24-8-4-5-9-24)25-14-16-26(17-15-25)36-32-12-6-7-13-35(32)46-38(36)37(41)27-10-2-1-3-11-27/h1-3,6-7,10-24,40H,4-5,8-9H2,(H,42,43). The van der Waals surface area contributed by atoms with E-state index in [9.17, 15) is 28.2 Å². The van der Waals surface area contributed by atoms with Crippen molar-refractivity contribution in [1.82, 2.24) is 0 Å². The molecule has 0 saturated heterocycles. The molecule has 2 N–H and O–H groups in total. The number of hydrogen-bond donors (Lipinski definition) is 2. The van der Waals surface area contributed by atoms with Crippen LogP contribution in [0.1, 0.15) is 63.6 Å². The van der Waals surface area contributed by atoms with Gasteiger partial charge < -0.3 is 18.8 Å². The molecule has 1 aromatic heterocycles. The summed E-state index contributed by atoms with van der Waals surface area (Å²) in [7, 11) is -4.37. The molecule has 0 radical (unpaired) electrons. The highest BCUT2D eigenvalue weighted by Gasteiger charge is 2.26. The highest BCUT2D eigenvalue weighted by Crippen LogP contribution is 2.43. The second-order valence-corrected chi connectivity index (χ2v) is 13.4.